The summed E-state index contributed by atoms with van der Waals surface area (Å²) in [5.74, 6) is 0.335. The van der Waals surface area contributed by atoms with Gasteiger partial charge in [-0.15, -0.1) is 0 Å². The lowest BCUT2D eigenvalue weighted by atomic mass is 10.0. The van der Waals surface area contributed by atoms with Gasteiger partial charge in [-0.05, 0) is 38.3 Å². The SMILES string of the molecule is CCC(CC(C)n1c2ccccc2c2ccccc21)N1CCCC1=O. The van der Waals surface area contributed by atoms with Crippen molar-refractivity contribution in [1.82, 2.24) is 9.47 Å². The van der Waals surface area contributed by atoms with Crippen LogP contribution in [-0.4, -0.2) is 28.0 Å². The summed E-state index contributed by atoms with van der Waals surface area (Å²) in [5.41, 5.74) is 2.58. The molecule has 3 nitrogen and oxygen atoms in total. The van der Waals surface area contributed by atoms with E-state index in [9.17, 15) is 4.79 Å². The maximum absolute atomic E-state index is 12.2. The lowest BCUT2D eigenvalue weighted by Gasteiger charge is -2.30. The second kappa shape index (κ2) is 6.55. The summed E-state index contributed by atoms with van der Waals surface area (Å²) < 4.78 is 2.47. The number of carbonyl (C=O) groups excluding carboxylic acids is 1. The molecule has 1 saturated heterocycles. The van der Waals surface area contributed by atoms with Crippen LogP contribution in [0, 0.1) is 0 Å². The Kier molecular flexibility index (Phi) is 4.24. The van der Waals surface area contributed by atoms with Gasteiger partial charge in [0.15, 0.2) is 0 Å². The monoisotopic (exact) mass is 334 g/mol. The molecule has 0 radical (unpaired) electrons. The van der Waals surface area contributed by atoms with Gasteiger partial charge in [-0.2, -0.15) is 0 Å². The lowest BCUT2D eigenvalue weighted by Crippen LogP contribution is -2.37. The van der Waals surface area contributed by atoms with Crippen molar-refractivity contribution in [2.45, 2.75) is 51.6 Å². The summed E-state index contributed by atoms with van der Waals surface area (Å²) in [7, 11) is 0. The molecule has 25 heavy (non-hydrogen) atoms. The molecule has 2 atom stereocenters. The molecule has 1 aliphatic heterocycles. The molecule has 1 aromatic heterocycles. The van der Waals surface area contributed by atoms with Crippen LogP contribution in [0.15, 0.2) is 48.5 Å². The van der Waals surface area contributed by atoms with Gasteiger partial charge in [-0.3, -0.25) is 4.79 Å². The molecule has 130 valence electrons. The number of carbonyl (C=O) groups is 1. The zero-order valence-corrected chi connectivity index (χ0v) is 15.1. The number of para-hydroxylation sites is 2. The molecule has 1 aliphatic rings. The standard InChI is InChI=1S/C22H26N2O/c1-3-17(23-14-8-13-22(23)25)15-16(2)24-20-11-6-4-9-18(20)19-10-5-7-12-21(19)24/h4-7,9-12,16-17H,3,8,13-15H2,1-2H3. The van der Waals surface area contributed by atoms with E-state index in [-0.39, 0.29) is 0 Å². The molecule has 0 bridgehead atoms. The van der Waals surface area contributed by atoms with Gasteiger partial charge in [0.05, 0.1) is 0 Å². The summed E-state index contributed by atoms with van der Waals surface area (Å²) in [6.45, 7) is 5.42. The van der Waals surface area contributed by atoms with E-state index in [1.807, 2.05) is 0 Å². The molecule has 1 amide bonds. The minimum absolute atomic E-state index is 0.335. The third-order valence-corrected chi connectivity index (χ3v) is 5.69. The summed E-state index contributed by atoms with van der Waals surface area (Å²) in [5, 5.41) is 2.63. The maximum Gasteiger partial charge on any atom is 0.222 e. The zero-order valence-electron chi connectivity index (χ0n) is 15.1. The number of hydrogen-bond donors (Lipinski definition) is 0. The highest BCUT2D eigenvalue weighted by atomic mass is 16.2. The number of amides is 1. The molecule has 2 unspecified atom stereocenters. The maximum atomic E-state index is 12.2. The molecule has 2 aromatic carbocycles. The van der Waals surface area contributed by atoms with Crippen LogP contribution in [0.5, 0.6) is 0 Å². The Bertz CT molecular complexity index is 857. The summed E-state index contributed by atoms with van der Waals surface area (Å²) in [6, 6.07) is 18.0. The Morgan fingerprint density at radius 2 is 1.60 bits per heavy atom. The fourth-order valence-corrected chi connectivity index (χ4v) is 4.50. The van der Waals surface area contributed by atoms with Crippen LogP contribution in [0.1, 0.15) is 45.6 Å². The van der Waals surface area contributed by atoms with E-state index in [0.717, 1.165) is 32.2 Å². The van der Waals surface area contributed by atoms with Gasteiger partial charge in [0.2, 0.25) is 5.91 Å². The molecule has 0 aliphatic carbocycles. The van der Waals surface area contributed by atoms with E-state index in [1.54, 1.807) is 0 Å². The van der Waals surface area contributed by atoms with Crippen LogP contribution in [0.3, 0.4) is 0 Å². The molecule has 4 rings (SSSR count). The number of benzene rings is 2. The van der Waals surface area contributed by atoms with Crippen LogP contribution in [0.4, 0.5) is 0 Å². The van der Waals surface area contributed by atoms with Crippen molar-refractivity contribution in [2.75, 3.05) is 6.54 Å². The number of likely N-dealkylation sites (tertiary alicyclic amines) is 1. The van der Waals surface area contributed by atoms with Gasteiger partial charge >= 0.3 is 0 Å². The Hall–Kier alpha value is -2.29. The average Bonchev–Trinajstić information content (AvgIpc) is 3.21. The topological polar surface area (TPSA) is 25.2 Å². The van der Waals surface area contributed by atoms with Crippen molar-refractivity contribution in [3.8, 4) is 0 Å². The first-order valence-electron chi connectivity index (χ1n) is 9.48. The fourth-order valence-electron chi connectivity index (χ4n) is 4.50. The van der Waals surface area contributed by atoms with Crippen molar-refractivity contribution in [3.05, 3.63) is 48.5 Å². The highest BCUT2D eigenvalue weighted by Crippen LogP contribution is 2.34. The van der Waals surface area contributed by atoms with Gasteiger partial charge < -0.3 is 9.47 Å². The number of hydrogen-bond acceptors (Lipinski definition) is 1. The van der Waals surface area contributed by atoms with Crippen molar-refractivity contribution >= 4 is 27.7 Å². The molecular weight excluding hydrogens is 308 g/mol. The second-order valence-electron chi connectivity index (χ2n) is 7.24. The van der Waals surface area contributed by atoms with E-state index < -0.39 is 0 Å². The molecule has 2 heterocycles. The first-order chi connectivity index (χ1) is 12.2. The van der Waals surface area contributed by atoms with Gasteiger partial charge in [0.25, 0.3) is 0 Å². The molecule has 1 fully saturated rings. The predicted octanol–water partition coefficient (Wildman–Crippen LogP) is 5.15. The van der Waals surface area contributed by atoms with E-state index >= 15 is 0 Å². The van der Waals surface area contributed by atoms with Crippen molar-refractivity contribution in [1.29, 1.82) is 0 Å². The Morgan fingerprint density at radius 1 is 1.00 bits per heavy atom. The number of fused-ring (bicyclic) bond motifs is 3. The normalized spacial score (nSPS) is 17.5. The first kappa shape index (κ1) is 16.2. The zero-order chi connectivity index (χ0) is 17.4. The van der Waals surface area contributed by atoms with E-state index in [0.29, 0.717) is 18.0 Å². The average molecular weight is 334 g/mol. The van der Waals surface area contributed by atoms with Crippen LogP contribution in [-0.2, 0) is 4.79 Å². The quantitative estimate of drug-likeness (QED) is 0.634. The predicted molar refractivity (Wildman–Crippen MR) is 104 cm³/mol. The highest BCUT2D eigenvalue weighted by molar-refractivity contribution is 6.08. The first-order valence-corrected chi connectivity index (χ1v) is 9.48. The third kappa shape index (κ3) is 2.72. The van der Waals surface area contributed by atoms with Crippen LogP contribution in [0.25, 0.3) is 21.8 Å². The number of aromatic nitrogens is 1. The van der Waals surface area contributed by atoms with Gasteiger partial charge in [-0.1, -0.05) is 43.3 Å². The molecule has 0 saturated carbocycles. The molecule has 0 spiro atoms. The minimum Gasteiger partial charge on any atom is -0.340 e. The highest BCUT2D eigenvalue weighted by Gasteiger charge is 2.28. The van der Waals surface area contributed by atoms with E-state index in [1.165, 1.54) is 21.8 Å². The molecule has 0 N–H and O–H groups in total. The van der Waals surface area contributed by atoms with Crippen LogP contribution >= 0.6 is 0 Å². The van der Waals surface area contributed by atoms with Gasteiger partial charge in [0, 0.05) is 46.9 Å². The summed E-state index contributed by atoms with van der Waals surface area (Å²) in [6.07, 6.45) is 3.76. The number of rotatable bonds is 5. The Balaban J connectivity index is 1.73. The van der Waals surface area contributed by atoms with Gasteiger partial charge in [0.1, 0.15) is 0 Å². The van der Waals surface area contributed by atoms with Crippen molar-refractivity contribution < 1.29 is 4.79 Å². The fraction of sp³-hybridized carbons (Fsp3) is 0.409. The molecule has 3 heteroatoms. The van der Waals surface area contributed by atoms with Gasteiger partial charge in [-0.25, -0.2) is 0 Å². The Labute approximate surface area is 149 Å². The van der Waals surface area contributed by atoms with Crippen LogP contribution in [0.2, 0.25) is 0 Å². The van der Waals surface area contributed by atoms with Crippen molar-refractivity contribution in [2.24, 2.45) is 0 Å². The second-order valence-corrected chi connectivity index (χ2v) is 7.24. The molecule has 3 aromatic rings. The largest absolute Gasteiger partial charge is 0.340 e. The third-order valence-electron chi connectivity index (χ3n) is 5.69. The summed E-state index contributed by atoms with van der Waals surface area (Å²) in [4.78, 5) is 14.3. The lowest BCUT2D eigenvalue weighted by molar-refractivity contribution is -0.130. The minimum atomic E-state index is 0.335. The number of nitrogens with zero attached hydrogens (tertiary/aromatic N) is 2. The smallest absolute Gasteiger partial charge is 0.222 e. The summed E-state index contributed by atoms with van der Waals surface area (Å²) >= 11 is 0. The van der Waals surface area contributed by atoms with E-state index in [4.69, 9.17) is 0 Å². The van der Waals surface area contributed by atoms with E-state index in [2.05, 4.69) is 71.8 Å². The molecular formula is C22H26N2O. The Morgan fingerprint density at radius 3 is 2.12 bits per heavy atom. The van der Waals surface area contributed by atoms with Crippen LogP contribution < -0.4 is 0 Å². The van der Waals surface area contributed by atoms with Crippen molar-refractivity contribution in [3.63, 3.8) is 0 Å².